The van der Waals surface area contributed by atoms with E-state index in [2.05, 4.69) is 0 Å². The Balaban J connectivity index is 2.11. The number of hydrogen-bond donors (Lipinski definition) is 1. The minimum absolute atomic E-state index is 0.0158. The van der Waals surface area contributed by atoms with E-state index in [4.69, 9.17) is 33.1 Å². The van der Waals surface area contributed by atoms with Crippen molar-refractivity contribution in [2.45, 2.75) is 30.6 Å². The Morgan fingerprint density at radius 2 is 2.00 bits per heavy atom. The monoisotopic (exact) mass is 351 g/mol. The standard InChI is InChI=1S/C13H15Cl2NO4S/c14-10-6-9(7-11(12(10)15)21(16,18)19)13(17)20-5-4-8-2-1-3-8/h6-8H,1-5H2,(H2,16,18,19). The Kier molecular flexibility index (Phi) is 5.14. The van der Waals surface area contributed by atoms with Crippen molar-refractivity contribution in [3.05, 3.63) is 27.7 Å². The molecule has 5 nitrogen and oxygen atoms in total. The molecule has 0 atom stereocenters. The third-order valence-corrected chi connectivity index (χ3v) is 5.37. The van der Waals surface area contributed by atoms with Crippen LogP contribution in [0.5, 0.6) is 0 Å². The molecule has 2 rings (SSSR count). The minimum atomic E-state index is -4.06. The largest absolute Gasteiger partial charge is 0.462 e. The van der Waals surface area contributed by atoms with Gasteiger partial charge in [-0.2, -0.15) is 0 Å². The van der Waals surface area contributed by atoms with E-state index in [0.29, 0.717) is 12.5 Å². The van der Waals surface area contributed by atoms with Crippen molar-refractivity contribution in [3.8, 4) is 0 Å². The normalized spacial score (nSPS) is 15.6. The molecule has 0 unspecified atom stereocenters. The molecule has 0 amide bonds. The number of ether oxygens (including phenoxy) is 1. The highest BCUT2D eigenvalue weighted by molar-refractivity contribution is 7.89. The highest BCUT2D eigenvalue weighted by Crippen LogP contribution is 2.31. The second-order valence-corrected chi connectivity index (χ2v) is 7.35. The van der Waals surface area contributed by atoms with Gasteiger partial charge in [0.05, 0.1) is 22.2 Å². The van der Waals surface area contributed by atoms with Gasteiger partial charge < -0.3 is 4.74 Å². The molecule has 0 aliphatic heterocycles. The molecule has 8 heteroatoms. The molecule has 0 spiro atoms. The fourth-order valence-electron chi connectivity index (χ4n) is 2.07. The van der Waals surface area contributed by atoms with Crippen molar-refractivity contribution in [2.75, 3.05) is 6.61 Å². The third-order valence-electron chi connectivity index (χ3n) is 3.52. The molecule has 0 saturated heterocycles. The van der Waals surface area contributed by atoms with E-state index in [1.54, 1.807) is 0 Å². The van der Waals surface area contributed by atoms with Gasteiger partial charge in [-0.25, -0.2) is 18.4 Å². The summed E-state index contributed by atoms with van der Waals surface area (Å²) >= 11 is 11.6. The van der Waals surface area contributed by atoms with E-state index in [1.807, 2.05) is 0 Å². The van der Waals surface area contributed by atoms with Crippen LogP contribution in [0.3, 0.4) is 0 Å². The topological polar surface area (TPSA) is 86.5 Å². The van der Waals surface area contributed by atoms with Gasteiger partial charge in [-0.1, -0.05) is 42.5 Å². The maximum atomic E-state index is 11.9. The van der Waals surface area contributed by atoms with E-state index < -0.39 is 16.0 Å². The summed E-state index contributed by atoms with van der Waals surface area (Å²) in [6.07, 6.45) is 4.37. The van der Waals surface area contributed by atoms with Crippen molar-refractivity contribution in [1.29, 1.82) is 0 Å². The van der Waals surface area contributed by atoms with Crippen LogP contribution in [0.15, 0.2) is 17.0 Å². The zero-order valence-electron chi connectivity index (χ0n) is 11.1. The van der Waals surface area contributed by atoms with Crippen molar-refractivity contribution < 1.29 is 17.9 Å². The van der Waals surface area contributed by atoms with Crippen LogP contribution in [0.4, 0.5) is 0 Å². The number of sulfonamides is 1. The van der Waals surface area contributed by atoms with E-state index in [1.165, 1.54) is 25.3 Å². The summed E-state index contributed by atoms with van der Waals surface area (Å²) in [7, 11) is -4.06. The van der Waals surface area contributed by atoms with Gasteiger partial charge >= 0.3 is 5.97 Å². The summed E-state index contributed by atoms with van der Waals surface area (Å²) in [5, 5.41) is 4.77. The number of carbonyl (C=O) groups is 1. The zero-order chi connectivity index (χ0) is 15.6. The number of nitrogens with two attached hydrogens (primary N) is 1. The Morgan fingerprint density at radius 3 is 2.52 bits per heavy atom. The SMILES string of the molecule is NS(=O)(=O)c1cc(C(=O)OCCC2CCC2)cc(Cl)c1Cl. The summed E-state index contributed by atoms with van der Waals surface area (Å²) in [6, 6.07) is 2.35. The van der Waals surface area contributed by atoms with E-state index in [0.717, 1.165) is 12.5 Å². The summed E-state index contributed by atoms with van der Waals surface area (Å²) in [5.41, 5.74) is 0.0158. The molecular weight excluding hydrogens is 337 g/mol. The van der Waals surface area contributed by atoms with Crippen LogP contribution >= 0.6 is 23.2 Å². The first-order valence-electron chi connectivity index (χ1n) is 6.48. The number of esters is 1. The molecule has 116 valence electrons. The molecular formula is C13H15Cl2NO4S. The van der Waals surface area contributed by atoms with Crippen LogP contribution in [0.2, 0.25) is 10.0 Å². The van der Waals surface area contributed by atoms with Gasteiger partial charge in [0.2, 0.25) is 10.0 Å². The number of primary sulfonamides is 1. The molecule has 0 aromatic heterocycles. The Morgan fingerprint density at radius 1 is 1.33 bits per heavy atom. The van der Waals surface area contributed by atoms with Gasteiger partial charge in [-0.05, 0) is 24.5 Å². The summed E-state index contributed by atoms with van der Waals surface area (Å²) in [5.74, 6) is -0.0237. The van der Waals surface area contributed by atoms with Crippen LogP contribution in [-0.4, -0.2) is 21.0 Å². The molecule has 0 heterocycles. The molecule has 21 heavy (non-hydrogen) atoms. The van der Waals surface area contributed by atoms with Gasteiger partial charge in [0.25, 0.3) is 0 Å². The highest BCUT2D eigenvalue weighted by atomic mass is 35.5. The maximum Gasteiger partial charge on any atom is 0.338 e. The van der Waals surface area contributed by atoms with Crippen LogP contribution in [0, 0.1) is 5.92 Å². The first kappa shape index (κ1) is 16.5. The Labute approximate surface area is 133 Å². The van der Waals surface area contributed by atoms with Crippen molar-refractivity contribution in [3.63, 3.8) is 0 Å². The highest BCUT2D eigenvalue weighted by Gasteiger charge is 2.21. The molecule has 2 N–H and O–H groups in total. The molecule has 0 bridgehead atoms. The van der Waals surface area contributed by atoms with Crippen molar-refractivity contribution >= 4 is 39.2 Å². The lowest BCUT2D eigenvalue weighted by Crippen LogP contribution is -2.17. The summed E-state index contributed by atoms with van der Waals surface area (Å²) in [6.45, 7) is 0.300. The number of halogens is 2. The predicted octanol–water partition coefficient (Wildman–Crippen LogP) is 2.99. The van der Waals surface area contributed by atoms with Crippen molar-refractivity contribution in [1.82, 2.24) is 0 Å². The molecule has 1 saturated carbocycles. The third kappa shape index (κ3) is 4.10. The zero-order valence-corrected chi connectivity index (χ0v) is 13.5. The van der Waals surface area contributed by atoms with Gasteiger partial charge in [0.15, 0.2) is 0 Å². The average Bonchev–Trinajstić information content (AvgIpc) is 2.33. The van der Waals surface area contributed by atoms with E-state index >= 15 is 0 Å². The first-order chi connectivity index (χ1) is 9.79. The molecule has 1 aromatic rings. The number of benzene rings is 1. The molecule has 1 aliphatic rings. The van der Waals surface area contributed by atoms with Gasteiger partial charge in [0.1, 0.15) is 4.90 Å². The van der Waals surface area contributed by atoms with E-state index in [9.17, 15) is 13.2 Å². The quantitative estimate of drug-likeness (QED) is 0.826. The number of carbonyl (C=O) groups excluding carboxylic acids is 1. The lowest BCUT2D eigenvalue weighted by Gasteiger charge is -2.24. The maximum absolute atomic E-state index is 11.9. The fraction of sp³-hybridized carbons (Fsp3) is 0.462. The summed E-state index contributed by atoms with van der Waals surface area (Å²) < 4.78 is 27.9. The Bertz CT molecular complexity index is 656. The van der Waals surface area contributed by atoms with Crippen molar-refractivity contribution in [2.24, 2.45) is 11.1 Å². The molecule has 1 fully saturated rings. The average molecular weight is 352 g/mol. The number of rotatable bonds is 5. The second kappa shape index (κ2) is 6.52. The van der Waals surface area contributed by atoms with Crippen LogP contribution in [0.25, 0.3) is 0 Å². The van der Waals surface area contributed by atoms with Crippen LogP contribution < -0.4 is 5.14 Å². The van der Waals surface area contributed by atoms with E-state index in [-0.39, 0.29) is 20.5 Å². The molecule has 0 radical (unpaired) electrons. The Hall–Kier alpha value is -0.820. The fourth-order valence-corrected chi connectivity index (χ4v) is 3.43. The van der Waals surface area contributed by atoms with Gasteiger partial charge in [-0.3, -0.25) is 0 Å². The predicted molar refractivity (Wildman–Crippen MR) is 80.1 cm³/mol. The lowest BCUT2D eigenvalue weighted by molar-refractivity contribution is 0.0464. The minimum Gasteiger partial charge on any atom is -0.462 e. The molecule has 1 aliphatic carbocycles. The second-order valence-electron chi connectivity index (χ2n) is 5.04. The van der Waals surface area contributed by atoms with Gasteiger partial charge in [-0.15, -0.1) is 0 Å². The van der Waals surface area contributed by atoms with Gasteiger partial charge in [0, 0.05) is 0 Å². The lowest BCUT2D eigenvalue weighted by atomic mass is 9.83. The summed E-state index contributed by atoms with van der Waals surface area (Å²) in [4.78, 5) is 11.5. The smallest absolute Gasteiger partial charge is 0.338 e. The van der Waals surface area contributed by atoms with Crippen LogP contribution in [-0.2, 0) is 14.8 Å². The number of hydrogen-bond acceptors (Lipinski definition) is 4. The van der Waals surface area contributed by atoms with Crippen LogP contribution in [0.1, 0.15) is 36.0 Å². The first-order valence-corrected chi connectivity index (χ1v) is 8.78. The molecule has 1 aromatic carbocycles.